The molecule has 0 amide bonds. The zero-order chi connectivity index (χ0) is 30.7. The molecule has 4 saturated carbocycles. The minimum absolute atomic E-state index is 0.350. The maximum atomic E-state index is 6.79. The molecule has 4 fully saturated rings. The molecule has 46 heavy (non-hydrogen) atoms. The normalized spacial score (nSPS) is 23.6. The lowest BCUT2D eigenvalue weighted by molar-refractivity contribution is 0.170. The minimum atomic E-state index is -0.350. The molecule has 4 aliphatic carbocycles. The van der Waals surface area contributed by atoms with Crippen molar-refractivity contribution in [2.45, 2.75) is 151 Å². The summed E-state index contributed by atoms with van der Waals surface area (Å²) in [6.45, 7) is 2.50. The molecule has 0 radical (unpaired) electrons. The molecule has 0 bridgehead atoms. The van der Waals surface area contributed by atoms with Crippen LogP contribution in [0.5, 0.6) is 23.0 Å². The zero-order valence-corrected chi connectivity index (χ0v) is 29.9. The molecular formula is C40H56O4P2. The van der Waals surface area contributed by atoms with E-state index in [9.17, 15) is 0 Å². The first-order valence-corrected chi connectivity index (χ1v) is 22.2. The first kappa shape index (κ1) is 31.7. The smallest absolute Gasteiger partial charge is 0.169 e. The zero-order valence-electron chi connectivity index (χ0n) is 28.1. The molecule has 4 nitrogen and oxygen atoms in total. The largest absolute Gasteiger partial charge is 0.486 e. The summed E-state index contributed by atoms with van der Waals surface area (Å²) in [4.78, 5) is 0. The van der Waals surface area contributed by atoms with Crippen LogP contribution < -0.4 is 29.6 Å². The highest BCUT2D eigenvalue weighted by Crippen LogP contribution is 2.62. The van der Waals surface area contributed by atoms with Crippen LogP contribution >= 0.6 is 15.8 Å². The Balaban J connectivity index is 1.36. The lowest BCUT2D eigenvalue weighted by Gasteiger charge is -2.42. The van der Waals surface area contributed by atoms with Gasteiger partial charge in [0.2, 0.25) is 0 Å². The highest BCUT2D eigenvalue weighted by Gasteiger charge is 2.41. The molecule has 6 heteroatoms. The van der Waals surface area contributed by atoms with Gasteiger partial charge < -0.3 is 18.9 Å². The highest BCUT2D eigenvalue weighted by atomic mass is 31.1. The van der Waals surface area contributed by atoms with E-state index in [1.807, 2.05) is 0 Å². The van der Waals surface area contributed by atoms with Crippen molar-refractivity contribution >= 4 is 26.5 Å². The van der Waals surface area contributed by atoms with E-state index in [-0.39, 0.29) is 15.8 Å². The van der Waals surface area contributed by atoms with Crippen LogP contribution in [0.1, 0.15) is 128 Å². The van der Waals surface area contributed by atoms with E-state index in [4.69, 9.17) is 18.9 Å². The van der Waals surface area contributed by atoms with Crippen LogP contribution in [-0.4, -0.2) is 49.1 Å². The van der Waals surface area contributed by atoms with Crippen LogP contribution in [0.2, 0.25) is 0 Å². The highest BCUT2D eigenvalue weighted by molar-refractivity contribution is 7.68. The summed E-state index contributed by atoms with van der Waals surface area (Å²) in [5.41, 5.74) is 5.96. The van der Waals surface area contributed by atoms with Crippen molar-refractivity contribution in [1.82, 2.24) is 0 Å². The molecular weight excluding hydrogens is 606 g/mol. The Hall–Kier alpha value is -1.50. The topological polar surface area (TPSA) is 36.9 Å². The van der Waals surface area contributed by atoms with Crippen molar-refractivity contribution in [2.24, 2.45) is 0 Å². The second kappa shape index (κ2) is 14.9. The van der Waals surface area contributed by atoms with Crippen molar-refractivity contribution in [3.63, 3.8) is 0 Å². The van der Waals surface area contributed by atoms with Crippen LogP contribution in [0.15, 0.2) is 24.3 Å². The third-order valence-corrected chi connectivity index (χ3v) is 19.1. The standard InChI is InChI=1S/C40H56O4P2/c1-5-13-29(14-6-1)45(30-15-7-2-8-16-30)35-23-21-33-39(43-27-25-41-33)37(35)38-36(24-22-34-40(38)44-28-26-42-34)46(31-17-9-3-10-18-31)32-19-11-4-12-20-32/h21-24,29-32H,1-20,25-28H2. The second-order valence-corrected chi connectivity index (χ2v) is 20.5. The first-order chi connectivity index (χ1) is 22.9. The summed E-state index contributed by atoms with van der Waals surface area (Å²) >= 11 is 0. The summed E-state index contributed by atoms with van der Waals surface area (Å²) in [6.07, 6.45) is 28.0. The molecule has 0 atom stereocenters. The SMILES string of the molecule is c1cc(P(C2CCCCC2)C2CCCCC2)c(-c2c(P(C3CCCCC3)C3CCCCC3)ccc3c2OCCO3)c2c1OCCO2. The molecule has 2 aromatic rings. The molecule has 6 aliphatic rings. The predicted octanol–water partition coefficient (Wildman–Crippen LogP) is 10.4. The maximum Gasteiger partial charge on any atom is 0.169 e. The van der Waals surface area contributed by atoms with Gasteiger partial charge in [0.1, 0.15) is 26.4 Å². The van der Waals surface area contributed by atoms with Crippen molar-refractivity contribution < 1.29 is 18.9 Å². The van der Waals surface area contributed by atoms with E-state index >= 15 is 0 Å². The molecule has 250 valence electrons. The van der Waals surface area contributed by atoms with Gasteiger partial charge in [-0.25, -0.2) is 0 Å². The quantitative estimate of drug-likeness (QED) is 0.277. The number of benzene rings is 2. The van der Waals surface area contributed by atoms with Gasteiger partial charge in [0, 0.05) is 11.1 Å². The molecule has 0 N–H and O–H groups in total. The summed E-state index contributed by atoms with van der Waals surface area (Å²) in [7, 11) is -0.701. The van der Waals surface area contributed by atoms with Crippen LogP contribution in [0, 0.1) is 0 Å². The monoisotopic (exact) mass is 662 g/mol. The molecule has 2 heterocycles. The molecule has 0 saturated heterocycles. The Kier molecular flexibility index (Phi) is 10.3. The fourth-order valence-electron chi connectivity index (χ4n) is 9.94. The van der Waals surface area contributed by atoms with Crippen molar-refractivity contribution in [3.8, 4) is 34.1 Å². The van der Waals surface area contributed by atoms with E-state index in [0.29, 0.717) is 26.4 Å². The maximum absolute atomic E-state index is 6.79. The van der Waals surface area contributed by atoms with E-state index in [1.165, 1.54) is 140 Å². The van der Waals surface area contributed by atoms with Gasteiger partial charge in [-0.15, -0.1) is 0 Å². The number of rotatable bonds is 7. The van der Waals surface area contributed by atoms with E-state index in [1.54, 1.807) is 10.6 Å². The summed E-state index contributed by atoms with van der Waals surface area (Å²) in [6, 6.07) is 9.61. The third-order valence-electron chi connectivity index (χ3n) is 12.1. The Morgan fingerprint density at radius 1 is 0.370 bits per heavy atom. The Morgan fingerprint density at radius 2 is 0.674 bits per heavy atom. The van der Waals surface area contributed by atoms with Gasteiger partial charge >= 0.3 is 0 Å². The number of hydrogen-bond acceptors (Lipinski definition) is 4. The van der Waals surface area contributed by atoms with Crippen LogP contribution in [0.3, 0.4) is 0 Å². The molecule has 2 aromatic carbocycles. The summed E-state index contributed by atoms with van der Waals surface area (Å²) in [5.74, 6) is 3.89. The van der Waals surface area contributed by atoms with Gasteiger partial charge in [-0.1, -0.05) is 92.9 Å². The van der Waals surface area contributed by atoms with Crippen molar-refractivity contribution in [2.75, 3.05) is 26.4 Å². The predicted molar refractivity (Wildman–Crippen MR) is 194 cm³/mol. The van der Waals surface area contributed by atoms with Crippen molar-refractivity contribution in [1.29, 1.82) is 0 Å². The summed E-state index contributed by atoms with van der Waals surface area (Å²) in [5, 5.41) is 3.20. The van der Waals surface area contributed by atoms with Gasteiger partial charge in [0.15, 0.2) is 23.0 Å². The van der Waals surface area contributed by atoms with Gasteiger partial charge in [0.05, 0.1) is 0 Å². The lowest BCUT2D eigenvalue weighted by Crippen LogP contribution is -2.31. The molecule has 0 spiro atoms. The molecule has 8 rings (SSSR count). The van der Waals surface area contributed by atoms with Gasteiger partial charge in [0.25, 0.3) is 0 Å². The van der Waals surface area contributed by atoms with Crippen LogP contribution in [-0.2, 0) is 0 Å². The Labute approximate surface area is 280 Å². The fraction of sp³-hybridized carbons (Fsp3) is 0.700. The number of fused-ring (bicyclic) bond motifs is 2. The van der Waals surface area contributed by atoms with Crippen molar-refractivity contribution in [3.05, 3.63) is 24.3 Å². The second-order valence-electron chi connectivity index (χ2n) is 14.9. The van der Waals surface area contributed by atoms with E-state index < -0.39 is 0 Å². The Bertz CT molecular complexity index is 1180. The average molecular weight is 663 g/mol. The third kappa shape index (κ3) is 6.45. The first-order valence-electron chi connectivity index (χ1n) is 19.3. The van der Waals surface area contributed by atoms with Crippen LogP contribution in [0.4, 0.5) is 0 Å². The summed E-state index contributed by atoms with van der Waals surface area (Å²) < 4.78 is 26.4. The number of ether oxygens (including phenoxy) is 4. The number of hydrogen-bond donors (Lipinski definition) is 0. The average Bonchev–Trinajstić information content (AvgIpc) is 3.14. The fourth-order valence-corrected chi connectivity index (χ4v) is 17.8. The lowest BCUT2D eigenvalue weighted by atomic mass is 9.99. The van der Waals surface area contributed by atoms with Gasteiger partial charge in [-0.2, -0.15) is 0 Å². The van der Waals surface area contributed by atoms with Gasteiger partial charge in [-0.3, -0.25) is 0 Å². The Morgan fingerprint density at radius 3 is 1.00 bits per heavy atom. The van der Waals surface area contributed by atoms with E-state index in [2.05, 4.69) is 24.3 Å². The molecule has 0 aromatic heterocycles. The minimum Gasteiger partial charge on any atom is -0.486 e. The van der Waals surface area contributed by atoms with Crippen LogP contribution in [0.25, 0.3) is 11.1 Å². The van der Waals surface area contributed by atoms with E-state index in [0.717, 1.165) is 45.6 Å². The molecule has 2 aliphatic heterocycles. The molecule has 0 unspecified atom stereocenters. The van der Waals surface area contributed by atoms with Gasteiger partial charge in [-0.05, 0) is 109 Å².